The molecule has 32 heavy (non-hydrogen) atoms. The van der Waals surface area contributed by atoms with Gasteiger partial charge < -0.3 is 15.1 Å². The summed E-state index contributed by atoms with van der Waals surface area (Å²) < 4.78 is 14.0. The van der Waals surface area contributed by atoms with Crippen molar-refractivity contribution in [3.63, 3.8) is 0 Å². The van der Waals surface area contributed by atoms with Crippen molar-refractivity contribution in [2.24, 2.45) is 0 Å². The molecule has 1 heterocycles. The van der Waals surface area contributed by atoms with Crippen LogP contribution in [0, 0.1) is 5.82 Å². The zero-order chi connectivity index (χ0) is 22.9. The van der Waals surface area contributed by atoms with Crippen LogP contribution in [0.5, 0.6) is 0 Å². The Morgan fingerprint density at radius 1 is 1.03 bits per heavy atom. The molecular weight excluding hydrogens is 493 g/mol. The third-order valence-corrected chi connectivity index (χ3v) is 6.20. The van der Waals surface area contributed by atoms with E-state index in [1.807, 2.05) is 35.7 Å². The van der Waals surface area contributed by atoms with Gasteiger partial charge in [-0.15, -0.1) is 17.9 Å². The molecule has 3 amide bonds. The number of urea groups is 1. The number of para-hydroxylation sites is 1. The quantitative estimate of drug-likeness (QED) is 0.360. The molecule has 3 aromatic rings. The number of thiophene rings is 1. The highest BCUT2D eigenvalue weighted by Gasteiger charge is 2.22. The Labute approximate surface area is 199 Å². The van der Waals surface area contributed by atoms with Crippen molar-refractivity contribution in [2.75, 3.05) is 18.4 Å². The third kappa shape index (κ3) is 6.77. The van der Waals surface area contributed by atoms with Crippen LogP contribution in [-0.4, -0.2) is 34.8 Å². The van der Waals surface area contributed by atoms with Crippen molar-refractivity contribution in [1.29, 1.82) is 0 Å². The van der Waals surface area contributed by atoms with E-state index in [0.717, 1.165) is 14.9 Å². The first-order valence-corrected chi connectivity index (χ1v) is 11.6. The Hall–Kier alpha value is -2.97. The van der Waals surface area contributed by atoms with E-state index in [1.165, 1.54) is 17.0 Å². The predicted octanol–water partition coefficient (Wildman–Crippen LogP) is 5.90. The second-order valence-corrected chi connectivity index (χ2v) is 8.92. The Kier molecular flexibility index (Phi) is 8.58. The summed E-state index contributed by atoms with van der Waals surface area (Å²) in [6.45, 7) is 4.52. The van der Waals surface area contributed by atoms with Crippen molar-refractivity contribution >= 4 is 44.9 Å². The number of nitrogens with zero attached hydrogens (tertiary/aromatic N) is 2. The molecule has 1 aromatic heterocycles. The summed E-state index contributed by atoms with van der Waals surface area (Å²) in [7, 11) is 0. The maximum Gasteiger partial charge on any atom is 0.322 e. The smallest absolute Gasteiger partial charge is 0.322 e. The van der Waals surface area contributed by atoms with Gasteiger partial charge in [0.25, 0.3) is 0 Å². The summed E-state index contributed by atoms with van der Waals surface area (Å²) in [6.07, 6.45) is 1.58. The monoisotopic (exact) mass is 515 g/mol. The molecule has 8 heteroatoms. The van der Waals surface area contributed by atoms with Crippen molar-refractivity contribution in [1.82, 2.24) is 9.80 Å². The topological polar surface area (TPSA) is 52.7 Å². The first-order chi connectivity index (χ1) is 15.5. The molecule has 0 saturated carbocycles. The van der Waals surface area contributed by atoms with Gasteiger partial charge in [-0.25, -0.2) is 9.18 Å². The molecule has 0 fully saturated rings. The molecule has 0 spiro atoms. The zero-order valence-electron chi connectivity index (χ0n) is 17.3. The van der Waals surface area contributed by atoms with Crippen LogP contribution < -0.4 is 5.32 Å². The first kappa shape index (κ1) is 23.7. The number of rotatable bonds is 9. The van der Waals surface area contributed by atoms with Gasteiger partial charge in [0.2, 0.25) is 5.91 Å². The molecule has 3 rings (SSSR count). The second-order valence-electron chi connectivity index (χ2n) is 7.03. The van der Waals surface area contributed by atoms with Gasteiger partial charge >= 0.3 is 6.03 Å². The van der Waals surface area contributed by atoms with Crippen LogP contribution in [-0.2, 0) is 17.9 Å². The maximum absolute atomic E-state index is 13.3. The highest BCUT2D eigenvalue weighted by Crippen LogP contribution is 2.22. The zero-order valence-corrected chi connectivity index (χ0v) is 19.7. The van der Waals surface area contributed by atoms with E-state index in [4.69, 9.17) is 0 Å². The fourth-order valence-electron chi connectivity index (χ4n) is 3.03. The largest absolute Gasteiger partial charge is 0.332 e. The fourth-order valence-corrected chi connectivity index (χ4v) is 4.13. The molecule has 0 bridgehead atoms. The molecule has 0 atom stereocenters. The second kappa shape index (κ2) is 11.6. The van der Waals surface area contributed by atoms with E-state index < -0.39 is 6.03 Å². The number of carbonyl (C=O) groups is 2. The number of nitrogens with one attached hydrogen (secondary N) is 1. The molecule has 1 N–H and O–H groups in total. The minimum Gasteiger partial charge on any atom is -0.332 e. The fraction of sp³-hybridized carbons (Fsp3) is 0.167. The lowest BCUT2D eigenvalue weighted by atomic mass is 10.2. The van der Waals surface area contributed by atoms with E-state index in [1.54, 1.807) is 40.5 Å². The van der Waals surface area contributed by atoms with Crippen molar-refractivity contribution in [3.05, 3.63) is 99.4 Å². The maximum atomic E-state index is 13.3. The minimum atomic E-state index is -0.400. The summed E-state index contributed by atoms with van der Waals surface area (Å²) >= 11 is 4.96. The summed E-state index contributed by atoms with van der Waals surface area (Å²) in [5.74, 6) is -0.544. The number of anilines is 1. The minimum absolute atomic E-state index is 0.116. The van der Waals surface area contributed by atoms with E-state index >= 15 is 0 Å². The number of benzene rings is 2. The number of amides is 3. The van der Waals surface area contributed by atoms with Gasteiger partial charge in [-0.3, -0.25) is 4.79 Å². The lowest BCUT2D eigenvalue weighted by Crippen LogP contribution is -2.44. The van der Waals surface area contributed by atoms with Gasteiger partial charge in [0.1, 0.15) is 12.4 Å². The van der Waals surface area contributed by atoms with Gasteiger partial charge in [-0.1, -0.05) is 36.4 Å². The molecule has 5 nitrogen and oxygen atoms in total. The number of carbonyl (C=O) groups excluding carboxylic acids is 2. The number of hydrogen-bond donors (Lipinski definition) is 1. The van der Waals surface area contributed by atoms with Crippen LogP contribution in [0.15, 0.2) is 83.2 Å². The van der Waals surface area contributed by atoms with Crippen LogP contribution in [0.3, 0.4) is 0 Å². The van der Waals surface area contributed by atoms with Gasteiger partial charge in [0.15, 0.2) is 0 Å². The Bertz CT molecular complexity index is 1060. The SMILES string of the molecule is C=CCN(CC(=O)N(Cc1ccc(F)cc1)Cc1cccs1)C(=O)Nc1ccccc1Br. The summed E-state index contributed by atoms with van der Waals surface area (Å²) in [4.78, 5) is 30.2. The van der Waals surface area contributed by atoms with Gasteiger partial charge in [-0.05, 0) is 57.2 Å². The van der Waals surface area contributed by atoms with Crippen LogP contribution in [0.4, 0.5) is 14.9 Å². The predicted molar refractivity (Wildman–Crippen MR) is 130 cm³/mol. The van der Waals surface area contributed by atoms with E-state index in [-0.39, 0.29) is 24.8 Å². The third-order valence-electron chi connectivity index (χ3n) is 4.64. The van der Waals surface area contributed by atoms with Crippen LogP contribution in [0.1, 0.15) is 10.4 Å². The van der Waals surface area contributed by atoms with E-state index in [0.29, 0.717) is 18.8 Å². The highest BCUT2D eigenvalue weighted by molar-refractivity contribution is 9.10. The Balaban J connectivity index is 1.74. The standard InChI is InChI=1S/C24H23BrFN3O2S/c1-2-13-28(24(31)27-22-8-4-3-7-21(22)25)17-23(30)29(16-20-6-5-14-32-20)15-18-9-11-19(26)12-10-18/h2-12,14H,1,13,15-17H2,(H,27,31). The molecule has 0 aliphatic rings. The molecule has 2 aromatic carbocycles. The lowest BCUT2D eigenvalue weighted by Gasteiger charge is -2.27. The average Bonchev–Trinajstić information content (AvgIpc) is 3.29. The molecule has 0 saturated heterocycles. The Morgan fingerprint density at radius 2 is 1.78 bits per heavy atom. The van der Waals surface area contributed by atoms with Crippen molar-refractivity contribution in [2.45, 2.75) is 13.1 Å². The van der Waals surface area contributed by atoms with Crippen molar-refractivity contribution < 1.29 is 14.0 Å². The van der Waals surface area contributed by atoms with Crippen LogP contribution >= 0.6 is 27.3 Å². The van der Waals surface area contributed by atoms with Gasteiger partial charge in [0.05, 0.1) is 12.2 Å². The van der Waals surface area contributed by atoms with Gasteiger partial charge in [-0.2, -0.15) is 0 Å². The summed E-state index contributed by atoms with van der Waals surface area (Å²) in [5, 5.41) is 4.77. The highest BCUT2D eigenvalue weighted by atomic mass is 79.9. The van der Waals surface area contributed by atoms with E-state index in [2.05, 4.69) is 27.8 Å². The normalized spacial score (nSPS) is 10.4. The molecule has 0 aliphatic carbocycles. The first-order valence-electron chi connectivity index (χ1n) is 9.92. The molecular formula is C24H23BrFN3O2S. The molecule has 166 valence electrons. The number of hydrogen-bond acceptors (Lipinski definition) is 3. The van der Waals surface area contributed by atoms with Crippen LogP contribution in [0.2, 0.25) is 0 Å². The average molecular weight is 516 g/mol. The van der Waals surface area contributed by atoms with Gasteiger partial charge in [0, 0.05) is 22.4 Å². The van der Waals surface area contributed by atoms with Crippen LogP contribution in [0.25, 0.3) is 0 Å². The molecule has 0 radical (unpaired) electrons. The van der Waals surface area contributed by atoms with Crippen molar-refractivity contribution in [3.8, 4) is 0 Å². The lowest BCUT2D eigenvalue weighted by molar-refractivity contribution is -0.132. The summed E-state index contributed by atoms with van der Waals surface area (Å²) in [5.41, 5.74) is 1.42. The molecule has 0 unspecified atom stereocenters. The molecule has 0 aliphatic heterocycles. The number of halogens is 2. The summed E-state index contributed by atoms with van der Waals surface area (Å²) in [6, 6.07) is 16.8. The van der Waals surface area contributed by atoms with E-state index in [9.17, 15) is 14.0 Å². The Morgan fingerprint density at radius 3 is 2.44 bits per heavy atom.